The molecule has 0 spiro atoms. The molecule has 26 heavy (non-hydrogen) atoms. The first-order valence-electron chi connectivity index (χ1n) is 8.83. The van der Waals surface area contributed by atoms with Gasteiger partial charge in [0.1, 0.15) is 5.82 Å². The van der Waals surface area contributed by atoms with E-state index in [1.807, 2.05) is 24.3 Å². The third kappa shape index (κ3) is 4.88. The summed E-state index contributed by atoms with van der Waals surface area (Å²) in [5, 5.41) is 2.96. The molecule has 0 fully saturated rings. The molecule has 0 aliphatic rings. The van der Waals surface area contributed by atoms with Gasteiger partial charge in [-0.25, -0.2) is 4.98 Å². The topological polar surface area (TPSA) is 63.7 Å². The van der Waals surface area contributed by atoms with Crippen LogP contribution in [0.4, 0.5) is 5.82 Å². The minimum absolute atomic E-state index is 0.0960. The molecule has 0 aliphatic heterocycles. The van der Waals surface area contributed by atoms with E-state index in [1.54, 1.807) is 26.5 Å². The van der Waals surface area contributed by atoms with Crippen LogP contribution < -0.4 is 19.7 Å². The average molecular weight is 357 g/mol. The van der Waals surface area contributed by atoms with Gasteiger partial charge in [0.25, 0.3) is 5.91 Å². The van der Waals surface area contributed by atoms with E-state index >= 15 is 0 Å². The molecule has 0 saturated heterocycles. The van der Waals surface area contributed by atoms with Gasteiger partial charge >= 0.3 is 0 Å². The first-order chi connectivity index (χ1) is 12.6. The lowest BCUT2D eigenvalue weighted by Gasteiger charge is -2.20. The third-order valence-corrected chi connectivity index (χ3v) is 4.24. The second-order valence-corrected chi connectivity index (χ2v) is 5.77. The smallest absolute Gasteiger partial charge is 0.251 e. The summed E-state index contributed by atoms with van der Waals surface area (Å²) >= 11 is 0. The number of anilines is 1. The van der Waals surface area contributed by atoms with Crippen molar-refractivity contribution >= 4 is 11.7 Å². The number of ether oxygens (including phenoxy) is 2. The maximum atomic E-state index is 12.4. The third-order valence-electron chi connectivity index (χ3n) is 4.24. The maximum absolute atomic E-state index is 12.4. The van der Waals surface area contributed by atoms with Crippen molar-refractivity contribution in [2.75, 3.05) is 38.8 Å². The molecule has 2 rings (SSSR count). The van der Waals surface area contributed by atoms with Crippen molar-refractivity contribution in [2.24, 2.45) is 0 Å². The number of methoxy groups -OCH3 is 2. The minimum Gasteiger partial charge on any atom is -0.493 e. The van der Waals surface area contributed by atoms with E-state index in [1.165, 1.54) is 0 Å². The number of hydrogen-bond acceptors (Lipinski definition) is 5. The van der Waals surface area contributed by atoms with E-state index in [-0.39, 0.29) is 5.91 Å². The number of benzene rings is 1. The number of carbonyl (C=O) groups is 1. The summed E-state index contributed by atoms with van der Waals surface area (Å²) in [6.07, 6.45) is 2.39. The van der Waals surface area contributed by atoms with Crippen LogP contribution >= 0.6 is 0 Å². The van der Waals surface area contributed by atoms with Crippen LogP contribution in [-0.4, -0.2) is 44.7 Å². The zero-order chi connectivity index (χ0) is 18.9. The largest absolute Gasteiger partial charge is 0.493 e. The molecule has 1 aromatic carbocycles. The Morgan fingerprint density at radius 2 is 1.81 bits per heavy atom. The van der Waals surface area contributed by atoms with Crippen LogP contribution in [-0.2, 0) is 6.42 Å². The second kappa shape index (κ2) is 9.65. The number of amides is 1. The lowest BCUT2D eigenvalue weighted by atomic mass is 10.1. The number of carbonyl (C=O) groups excluding carboxylic acids is 1. The van der Waals surface area contributed by atoms with E-state index < -0.39 is 0 Å². The number of aromatic nitrogens is 1. The fourth-order valence-electron chi connectivity index (χ4n) is 2.74. The first kappa shape index (κ1) is 19.6. The highest BCUT2D eigenvalue weighted by atomic mass is 16.5. The lowest BCUT2D eigenvalue weighted by Crippen LogP contribution is -2.27. The Morgan fingerprint density at radius 1 is 1.08 bits per heavy atom. The van der Waals surface area contributed by atoms with Gasteiger partial charge in [-0.3, -0.25) is 4.79 Å². The Morgan fingerprint density at radius 3 is 2.46 bits per heavy atom. The monoisotopic (exact) mass is 357 g/mol. The van der Waals surface area contributed by atoms with Crippen molar-refractivity contribution < 1.29 is 14.3 Å². The Hall–Kier alpha value is -2.76. The molecule has 0 bridgehead atoms. The Kier molecular flexibility index (Phi) is 7.26. The number of nitrogens with one attached hydrogen (secondary N) is 1. The van der Waals surface area contributed by atoms with Gasteiger partial charge in [0.05, 0.1) is 14.2 Å². The van der Waals surface area contributed by atoms with E-state index in [4.69, 9.17) is 9.47 Å². The normalized spacial score (nSPS) is 10.3. The van der Waals surface area contributed by atoms with E-state index in [0.29, 0.717) is 30.0 Å². The second-order valence-electron chi connectivity index (χ2n) is 5.77. The van der Waals surface area contributed by atoms with Gasteiger partial charge in [-0.1, -0.05) is 6.07 Å². The Balaban J connectivity index is 1.96. The van der Waals surface area contributed by atoms with Crippen LogP contribution in [0, 0.1) is 0 Å². The number of nitrogens with zero attached hydrogens (tertiary/aromatic N) is 2. The van der Waals surface area contributed by atoms with Crippen LogP contribution in [0.1, 0.15) is 29.8 Å². The van der Waals surface area contributed by atoms with Crippen LogP contribution in [0.15, 0.2) is 36.5 Å². The van der Waals surface area contributed by atoms with Gasteiger partial charge in [0.15, 0.2) is 11.5 Å². The molecular weight excluding hydrogens is 330 g/mol. The van der Waals surface area contributed by atoms with Crippen molar-refractivity contribution in [3.63, 3.8) is 0 Å². The predicted molar refractivity (Wildman–Crippen MR) is 103 cm³/mol. The molecule has 6 heteroatoms. The number of pyridine rings is 1. The molecule has 0 radical (unpaired) electrons. The number of rotatable bonds is 9. The zero-order valence-corrected chi connectivity index (χ0v) is 15.9. The standard InChI is InChI=1S/C20H27N3O3/c1-5-23(6-2)19-14-16(10-12-21-19)20(24)22-11-9-15-7-8-17(25-3)18(13-15)26-4/h7-8,10,12-14H,5-6,9,11H2,1-4H3,(H,22,24). The fourth-order valence-corrected chi connectivity index (χ4v) is 2.74. The summed E-state index contributed by atoms with van der Waals surface area (Å²) < 4.78 is 10.5. The first-order valence-corrected chi connectivity index (χ1v) is 8.83. The van der Waals surface area contributed by atoms with Crippen LogP contribution in [0.2, 0.25) is 0 Å². The van der Waals surface area contributed by atoms with Crippen LogP contribution in [0.5, 0.6) is 11.5 Å². The zero-order valence-electron chi connectivity index (χ0n) is 15.9. The minimum atomic E-state index is -0.0960. The van der Waals surface area contributed by atoms with Crippen molar-refractivity contribution in [1.29, 1.82) is 0 Å². The lowest BCUT2D eigenvalue weighted by molar-refractivity contribution is 0.0954. The molecule has 2 aromatic rings. The van der Waals surface area contributed by atoms with Crippen LogP contribution in [0.3, 0.4) is 0 Å². The van der Waals surface area contributed by atoms with Gasteiger partial charge in [0.2, 0.25) is 0 Å². The predicted octanol–water partition coefficient (Wildman–Crippen LogP) is 2.92. The summed E-state index contributed by atoms with van der Waals surface area (Å²) in [6, 6.07) is 9.33. The van der Waals surface area contributed by atoms with Crippen LogP contribution in [0.25, 0.3) is 0 Å². The molecule has 6 nitrogen and oxygen atoms in total. The van der Waals surface area contributed by atoms with E-state index in [0.717, 1.165) is 24.5 Å². The van der Waals surface area contributed by atoms with Gasteiger partial charge in [0, 0.05) is 31.4 Å². The highest BCUT2D eigenvalue weighted by molar-refractivity contribution is 5.94. The highest BCUT2D eigenvalue weighted by Crippen LogP contribution is 2.27. The van der Waals surface area contributed by atoms with Crippen molar-refractivity contribution in [2.45, 2.75) is 20.3 Å². The average Bonchev–Trinajstić information content (AvgIpc) is 2.69. The molecule has 1 heterocycles. The number of hydrogen-bond donors (Lipinski definition) is 1. The van der Waals surface area contributed by atoms with E-state index in [9.17, 15) is 4.79 Å². The summed E-state index contributed by atoms with van der Waals surface area (Å²) in [6.45, 7) is 6.39. The fraction of sp³-hybridized carbons (Fsp3) is 0.400. The molecule has 1 N–H and O–H groups in total. The van der Waals surface area contributed by atoms with Crippen molar-refractivity contribution in [1.82, 2.24) is 10.3 Å². The molecule has 140 valence electrons. The summed E-state index contributed by atoms with van der Waals surface area (Å²) in [5.74, 6) is 2.11. The summed E-state index contributed by atoms with van der Waals surface area (Å²) in [7, 11) is 3.22. The van der Waals surface area contributed by atoms with Gasteiger partial charge in [-0.2, -0.15) is 0 Å². The van der Waals surface area contributed by atoms with Crippen molar-refractivity contribution in [3.8, 4) is 11.5 Å². The molecule has 1 amide bonds. The Labute approximate surface area is 155 Å². The molecule has 0 atom stereocenters. The molecule has 0 unspecified atom stereocenters. The summed E-state index contributed by atoms with van der Waals surface area (Å²) in [5.41, 5.74) is 1.69. The summed E-state index contributed by atoms with van der Waals surface area (Å²) in [4.78, 5) is 18.9. The quantitative estimate of drug-likeness (QED) is 0.748. The highest BCUT2D eigenvalue weighted by Gasteiger charge is 2.10. The van der Waals surface area contributed by atoms with E-state index in [2.05, 4.69) is 29.0 Å². The molecule has 0 aliphatic carbocycles. The SMILES string of the molecule is CCN(CC)c1cc(C(=O)NCCc2ccc(OC)c(OC)c2)ccn1. The maximum Gasteiger partial charge on any atom is 0.251 e. The molecule has 0 saturated carbocycles. The van der Waals surface area contributed by atoms with Gasteiger partial charge < -0.3 is 19.7 Å². The molecule has 1 aromatic heterocycles. The Bertz CT molecular complexity index is 730. The molecular formula is C20H27N3O3. The van der Waals surface area contributed by atoms with Crippen molar-refractivity contribution in [3.05, 3.63) is 47.7 Å². The van der Waals surface area contributed by atoms with Gasteiger partial charge in [-0.15, -0.1) is 0 Å². The van der Waals surface area contributed by atoms with Gasteiger partial charge in [-0.05, 0) is 50.1 Å².